The lowest BCUT2D eigenvalue weighted by molar-refractivity contribution is -0.118. The number of aromatic carboxylic acids is 1. The smallest absolute Gasteiger partial charge is 0.335 e. The molecule has 3 aromatic rings. The summed E-state index contributed by atoms with van der Waals surface area (Å²) in [6.45, 7) is 0.256. The first-order valence-electron chi connectivity index (χ1n) is 9.35. The van der Waals surface area contributed by atoms with Crippen LogP contribution >= 0.6 is 39.3 Å². The quantitative estimate of drug-likeness (QED) is 0.212. The van der Waals surface area contributed by atoms with Crippen LogP contribution < -0.4 is 10.2 Å². The molecule has 3 aromatic carbocycles. The molecule has 6 nitrogen and oxygen atoms in total. The van der Waals surface area contributed by atoms with Gasteiger partial charge in [0, 0.05) is 20.0 Å². The summed E-state index contributed by atoms with van der Waals surface area (Å²) >= 11 is 10.7. The van der Waals surface area contributed by atoms with E-state index in [0.717, 1.165) is 14.9 Å². The van der Waals surface area contributed by atoms with E-state index >= 15 is 0 Å². The van der Waals surface area contributed by atoms with Gasteiger partial charge in [0.05, 0.1) is 17.5 Å². The predicted molar refractivity (Wildman–Crippen MR) is 130 cm³/mol. The summed E-state index contributed by atoms with van der Waals surface area (Å²) in [7, 11) is 0. The molecule has 9 heteroatoms. The van der Waals surface area contributed by atoms with Crippen molar-refractivity contribution in [2.24, 2.45) is 5.10 Å². The Bertz CT molecular complexity index is 1120. The minimum Gasteiger partial charge on any atom is -0.488 e. The van der Waals surface area contributed by atoms with Crippen molar-refractivity contribution in [2.75, 3.05) is 5.75 Å². The van der Waals surface area contributed by atoms with Crippen LogP contribution in [0.1, 0.15) is 21.5 Å². The lowest BCUT2D eigenvalue weighted by Crippen LogP contribution is -2.19. The number of carbonyl (C=O) groups is 2. The molecule has 0 aromatic heterocycles. The van der Waals surface area contributed by atoms with E-state index in [2.05, 4.69) is 26.5 Å². The van der Waals surface area contributed by atoms with Gasteiger partial charge < -0.3 is 9.84 Å². The van der Waals surface area contributed by atoms with Crippen LogP contribution in [0.2, 0.25) is 5.02 Å². The number of hydrogen-bond acceptors (Lipinski definition) is 5. The maximum absolute atomic E-state index is 12.1. The number of halogens is 2. The summed E-state index contributed by atoms with van der Waals surface area (Å²) in [5.41, 5.74) is 4.23. The number of ether oxygens (including phenoxy) is 1. The third kappa shape index (κ3) is 7.40. The lowest BCUT2D eigenvalue weighted by atomic mass is 10.1. The van der Waals surface area contributed by atoms with Gasteiger partial charge in [-0.05, 0) is 60.2 Å². The molecule has 0 aliphatic heterocycles. The van der Waals surface area contributed by atoms with E-state index in [1.807, 2.05) is 24.3 Å². The van der Waals surface area contributed by atoms with E-state index in [-0.39, 0.29) is 23.8 Å². The van der Waals surface area contributed by atoms with Crippen LogP contribution in [0.4, 0.5) is 0 Å². The predicted octanol–water partition coefficient (Wildman–Crippen LogP) is 5.62. The van der Waals surface area contributed by atoms with Gasteiger partial charge in [0.2, 0.25) is 5.91 Å². The highest BCUT2D eigenvalue weighted by Crippen LogP contribution is 2.23. The first-order chi connectivity index (χ1) is 15.4. The molecule has 32 heavy (non-hydrogen) atoms. The van der Waals surface area contributed by atoms with Crippen molar-refractivity contribution >= 4 is 57.4 Å². The molecule has 0 fully saturated rings. The number of hydrazone groups is 1. The summed E-state index contributed by atoms with van der Waals surface area (Å²) in [5, 5.41) is 13.7. The molecule has 0 heterocycles. The van der Waals surface area contributed by atoms with Gasteiger partial charge in [-0.1, -0.05) is 39.7 Å². The number of thioether (sulfide) groups is 1. The lowest BCUT2D eigenvalue weighted by Gasteiger charge is -2.10. The van der Waals surface area contributed by atoms with Crippen molar-refractivity contribution in [1.82, 2.24) is 5.43 Å². The van der Waals surface area contributed by atoms with Crippen molar-refractivity contribution in [3.05, 3.63) is 92.9 Å². The summed E-state index contributed by atoms with van der Waals surface area (Å²) in [4.78, 5) is 24.0. The monoisotopic (exact) mass is 532 g/mol. The maximum atomic E-state index is 12.1. The molecular formula is C23H18BrClN2O4S. The average molecular weight is 534 g/mol. The minimum atomic E-state index is -0.975. The Balaban J connectivity index is 1.56. The molecule has 0 aliphatic rings. The third-order valence-electron chi connectivity index (χ3n) is 4.14. The molecule has 0 radical (unpaired) electrons. The van der Waals surface area contributed by atoms with Crippen molar-refractivity contribution in [2.45, 2.75) is 11.5 Å². The van der Waals surface area contributed by atoms with E-state index in [4.69, 9.17) is 21.4 Å². The van der Waals surface area contributed by atoms with Crippen LogP contribution in [0, 0.1) is 0 Å². The van der Waals surface area contributed by atoms with Gasteiger partial charge in [0.15, 0.2) is 0 Å². The molecule has 164 valence electrons. The summed E-state index contributed by atoms with van der Waals surface area (Å²) in [6.07, 6.45) is 1.51. The normalized spacial score (nSPS) is 10.8. The second-order valence-electron chi connectivity index (χ2n) is 6.51. The SMILES string of the molecule is O=C(CSc1ccc(Cl)cc1)N/N=C\c1cc(Br)ccc1OCc1ccc(C(=O)O)cc1. The molecular weight excluding hydrogens is 516 g/mol. The molecule has 0 aliphatic carbocycles. The number of benzene rings is 3. The van der Waals surface area contributed by atoms with E-state index in [9.17, 15) is 9.59 Å². The van der Waals surface area contributed by atoms with E-state index < -0.39 is 5.97 Å². The number of rotatable bonds is 9. The summed E-state index contributed by atoms with van der Waals surface area (Å²) < 4.78 is 6.70. The molecule has 2 N–H and O–H groups in total. The van der Waals surface area contributed by atoms with Crippen molar-refractivity contribution in [1.29, 1.82) is 0 Å². The zero-order chi connectivity index (χ0) is 22.9. The van der Waals surface area contributed by atoms with Gasteiger partial charge in [-0.2, -0.15) is 5.10 Å². The van der Waals surface area contributed by atoms with Crippen LogP contribution in [0.15, 0.2) is 81.2 Å². The van der Waals surface area contributed by atoms with E-state index in [1.54, 1.807) is 30.3 Å². The average Bonchev–Trinajstić information content (AvgIpc) is 2.78. The topological polar surface area (TPSA) is 88.0 Å². The largest absolute Gasteiger partial charge is 0.488 e. The fourth-order valence-corrected chi connectivity index (χ4v) is 3.74. The van der Waals surface area contributed by atoms with Crippen LogP contribution in [0.5, 0.6) is 5.75 Å². The fraction of sp³-hybridized carbons (Fsp3) is 0.0870. The van der Waals surface area contributed by atoms with Gasteiger partial charge in [-0.3, -0.25) is 4.79 Å². The number of amides is 1. The molecule has 0 saturated carbocycles. The van der Waals surface area contributed by atoms with Crippen molar-refractivity contribution in [3.63, 3.8) is 0 Å². The Morgan fingerprint density at radius 3 is 2.50 bits per heavy atom. The van der Waals surface area contributed by atoms with Crippen LogP contribution in [0.3, 0.4) is 0 Å². The van der Waals surface area contributed by atoms with E-state index in [0.29, 0.717) is 16.3 Å². The summed E-state index contributed by atoms with van der Waals surface area (Å²) in [5.74, 6) is -0.425. The zero-order valence-corrected chi connectivity index (χ0v) is 19.8. The molecule has 3 rings (SSSR count). The molecule has 0 bridgehead atoms. The Morgan fingerprint density at radius 1 is 1.09 bits per heavy atom. The fourth-order valence-electron chi connectivity index (χ4n) is 2.54. The highest BCUT2D eigenvalue weighted by Gasteiger charge is 2.06. The number of nitrogens with zero attached hydrogens (tertiary/aromatic N) is 1. The van der Waals surface area contributed by atoms with Crippen LogP contribution in [-0.2, 0) is 11.4 Å². The third-order valence-corrected chi connectivity index (χ3v) is 5.90. The van der Waals surface area contributed by atoms with Gasteiger partial charge in [-0.15, -0.1) is 11.8 Å². The van der Waals surface area contributed by atoms with Gasteiger partial charge in [0.1, 0.15) is 12.4 Å². The Hall–Kier alpha value is -2.81. The summed E-state index contributed by atoms with van der Waals surface area (Å²) in [6, 6.07) is 19.2. The van der Waals surface area contributed by atoms with Crippen molar-refractivity contribution in [3.8, 4) is 5.75 Å². The van der Waals surface area contributed by atoms with Gasteiger partial charge in [0.25, 0.3) is 0 Å². The highest BCUT2D eigenvalue weighted by atomic mass is 79.9. The maximum Gasteiger partial charge on any atom is 0.335 e. The first-order valence-corrected chi connectivity index (χ1v) is 11.5. The Kier molecular flexibility index (Phi) is 8.72. The van der Waals surface area contributed by atoms with Crippen LogP contribution in [0.25, 0.3) is 0 Å². The number of carbonyl (C=O) groups excluding carboxylic acids is 1. The van der Waals surface area contributed by atoms with Crippen LogP contribution in [-0.4, -0.2) is 29.0 Å². The molecule has 0 unspecified atom stereocenters. The molecule has 0 saturated heterocycles. The minimum absolute atomic E-state index is 0.215. The van der Waals surface area contributed by atoms with Gasteiger partial charge in [-0.25, -0.2) is 10.2 Å². The second-order valence-corrected chi connectivity index (χ2v) is 8.91. The highest BCUT2D eigenvalue weighted by molar-refractivity contribution is 9.10. The Morgan fingerprint density at radius 2 is 1.81 bits per heavy atom. The van der Waals surface area contributed by atoms with Crippen molar-refractivity contribution < 1.29 is 19.4 Å². The number of carboxylic acids is 1. The standard InChI is InChI=1S/C23H18BrClN2O4S/c24-18-5-10-21(31-13-15-1-3-16(4-2-15)23(29)30)17(11-18)12-26-27-22(28)14-32-20-8-6-19(25)7-9-20/h1-12H,13-14H2,(H,27,28)(H,29,30)/b26-12-. The second kappa shape index (κ2) is 11.7. The zero-order valence-electron chi connectivity index (χ0n) is 16.6. The first kappa shape index (κ1) is 23.8. The number of nitrogens with one attached hydrogen (secondary N) is 1. The molecule has 0 spiro atoms. The molecule has 0 atom stereocenters. The molecule has 1 amide bonds. The Labute approximate surface area is 202 Å². The van der Waals surface area contributed by atoms with Gasteiger partial charge >= 0.3 is 5.97 Å². The van der Waals surface area contributed by atoms with E-state index in [1.165, 1.54) is 30.1 Å². The number of hydrogen-bond donors (Lipinski definition) is 2. The number of carboxylic acid groups (broad SMARTS) is 1.